The average molecular weight is 265 g/mol. The van der Waals surface area contributed by atoms with E-state index in [0.29, 0.717) is 11.5 Å². The van der Waals surface area contributed by atoms with Gasteiger partial charge in [0.05, 0.1) is 5.69 Å². The van der Waals surface area contributed by atoms with Gasteiger partial charge in [-0.15, -0.1) is 0 Å². The minimum atomic E-state index is -1.13. The lowest BCUT2D eigenvalue weighted by molar-refractivity contribution is 0.0973. The summed E-state index contributed by atoms with van der Waals surface area (Å²) >= 11 is 0. The molecule has 4 heteroatoms. The SMILES string of the molecule is CC(O)(c1ccccc1)c1cccc(-n2cccn2)n1. The van der Waals surface area contributed by atoms with Crippen LogP contribution in [0.3, 0.4) is 0 Å². The molecule has 100 valence electrons. The van der Waals surface area contributed by atoms with Gasteiger partial charge in [0.2, 0.25) is 0 Å². The van der Waals surface area contributed by atoms with Crippen molar-refractivity contribution in [2.75, 3.05) is 0 Å². The number of benzene rings is 1. The van der Waals surface area contributed by atoms with Gasteiger partial charge < -0.3 is 5.11 Å². The van der Waals surface area contributed by atoms with Gasteiger partial charge in [0, 0.05) is 12.4 Å². The van der Waals surface area contributed by atoms with E-state index in [1.54, 1.807) is 17.8 Å². The van der Waals surface area contributed by atoms with Gasteiger partial charge in [-0.3, -0.25) is 0 Å². The van der Waals surface area contributed by atoms with Crippen LogP contribution in [-0.2, 0) is 5.60 Å². The summed E-state index contributed by atoms with van der Waals surface area (Å²) in [4.78, 5) is 4.51. The highest BCUT2D eigenvalue weighted by molar-refractivity contribution is 5.34. The maximum atomic E-state index is 10.8. The maximum Gasteiger partial charge on any atom is 0.153 e. The predicted octanol–water partition coefficient (Wildman–Crippen LogP) is 2.52. The maximum absolute atomic E-state index is 10.8. The fraction of sp³-hybridized carbons (Fsp3) is 0.125. The van der Waals surface area contributed by atoms with Crippen molar-refractivity contribution in [2.45, 2.75) is 12.5 Å². The van der Waals surface area contributed by atoms with Crippen LogP contribution in [0.1, 0.15) is 18.2 Å². The first-order chi connectivity index (χ1) is 9.68. The molecule has 3 rings (SSSR count). The third-order valence-electron chi connectivity index (χ3n) is 3.31. The van der Waals surface area contributed by atoms with Crippen molar-refractivity contribution < 1.29 is 5.11 Å². The molecule has 0 bridgehead atoms. The first-order valence-electron chi connectivity index (χ1n) is 6.43. The average Bonchev–Trinajstić information content (AvgIpc) is 3.03. The van der Waals surface area contributed by atoms with E-state index in [4.69, 9.17) is 0 Å². The Bertz CT molecular complexity index is 691. The molecule has 1 aromatic carbocycles. The van der Waals surface area contributed by atoms with E-state index in [9.17, 15) is 5.11 Å². The summed E-state index contributed by atoms with van der Waals surface area (Å²) in [6.07, 6.45) is 3.52. The van der Waals surface area contributed by atoms with Crippen LogP contribution in [-0.4, -0.2) is 19.9 Å². The molecule has 4 nitrogen and oxygen atoms in total. The lowest BCUT2D eigenvalue weighted by Crippen LogP contribution is -2.24. The zero-order valence-electron chi connectivity index (χ0n) is 11.1. The highest BCUT2D eigenvalue weighted by Crippen LogP contribution is 2.27. The number of hydrogen-bond donors (Lipinski definition) is 1. The molecule has 1 N–H and O–H groups in total. The standard InChI is InChI=1S/C16H15N3O/c1-16(20,13-7-3-2-4-8-13)14-9-5-10-15(18-14)19-12-6-11-17-19/h2-12,20H,1H3. The van der Waals surface area contributed by atoms with Crippen molar-refractivity contribution in [1.29, 1.82) is 0 Å². The van der Waals surface area contributed by atoms with Crippen molar-refractivity contribution in [2.24, 2.45) is 0 Å². The van der Waals surface area contributed by atoms with Crippen LogP contribution in [0.5, 0.6) is 0 Å². The smallest absolute Gasteiger partial charge is 0.153 e. The second kappa shape index (κ2) is 4.90. The van der Waals surface area contributed by atoms with E-state index < -0.39 is 5.60 Å². The Morgan fingerprint density at radius 3 is 2.50 bits per heavy atom. The molecule has 1 unspecified atom stereocenters. The van der Waals surface area contributed by atoms with Gasteiger partial charge in [-0.1, -0.05) is 36.4 Å². The summed E-state index contributed by atoms with van der Waals surface area (Å²) in [5.74, 6) is 0.684. The molecule has 0 saturated heterocycles. The Morgan fingerprint density at radius 1 is 1.00 bits per heavy atom. The van der Waals surface area contributed by atoms with E-state index in [1.807, 2.05) is 60.8 Å². The van der Waals surface area contributed by atoms with Crippen molar-refractivity contribution in [1.82, 2.24) is 14.8 Å². The second-order valence-corrected chi connectivity index (χ2v) is 4.77. The number of aliphatic hydroxyl groups is 1. The van der Waals surface area contributed by atoms with E-state index in [-0.39, 0.29) is 0 Å². The molecule has 1 atom stereocenters. The Hall–Kier alpha value is -2.46. The highest BCUT2D eigenvalue weighted by atomic mass is 16.3. The van der Waals surface area contributed by atoms with Gasteiger partial charge in [-0.05, 0) is 30.7 Å². The molecule has 0 amide bonds. The number of aromatic nitrogens is 3. The molecule has 0 fully saturated rings. The molecule has 2 aromatic heterocycles. The van der Waals surface area contributed by atoms with Crippen molar-refractivity contribution in [3.05, 3.63) is 78.2 Å². The summed E-state index contributed by atoms with van der Waals surface area (Å²) in [6, 6.07) is 16.9. The minimum Gasteiger partial charge on any atom is -0.379 e. The molecule has 0 spiro atoms. The first kappa shape index (κ1) is 12.6. The van der Waals surface area contributed by atoms with Gasteiger partial charge in [0.25, 0.3) is 0 Å². The van der Waals surface area contributed by atoms with E-state index in [2.05, 4.69) is 10.1 Å². The lowest BCUT2D eigenvalue weighted by Gasteiger charge is -2.23. The van der Waals surface area contributed by atoms with E-state index in [0.717, 1.165) is 5.56 Å². The third-order valence-corrected chi connectivity index (χ3v) is 3.31. The zero-order valence-corrected chi connectivity index (χ0v) is 11.1. The van der Waals surface area contributed by atoms with E-state index >= 15 is 0 Å². The van der Waals surface area contributed by atoms with Gasteiger partial charge >= 0.3 is 0 Å². The largest absolute Gasteiger partial charge is 0.379 e. The molecule has 0 saturated carbocycles. The van der Waals surface area contributed by atoms with Gasteiger partial charge in [0.15, 0.2) is 5.82 Å². The Labute approximate surface area is 117 Å². The third kappa shape index (κ3) is 2.21. The monoisotopic (exact) mass is 265 g/mol. The molecular formula is C16H15N3O. The number of pyridine rings is 1. The van der Waals surface area contributed by atoms with Crippen LogP contribution < -0.4 is 0 Å². The molecule has 3 aromatic rings. The molecule has 2 heterocycles. The molecular weight excluding hydrogens is 250 g/mol. The minimum absolute atomic E-state index is 0.594. The first-order valence-corrected chi connectivity index (χ1v) is 6.43. The van der Waals surface area contributed by atoms with Gasteiger partial charge in [-0.2, -0.15) is 5.10 Å². The van der Waals surface area contributed by atoms with Crippen LogP contribution in [0.25, 0.3) is 5.82 Å². The molecule has 0 aliphatic heterocycles. The normalized spacial score (nSPS) is 13.9. The molecule has 0 aliphatic carbocycles. The summed E-state index contributed by atoms with van der Waals surface area (Å²) in [7, 11) is 0. The van der Waals surface area contributed by atoms with Crippen LogP contribution in [0.4, 0.5) is 0 Å². The topological polar surface area (TPSA) is 50.9 Å². The number of nitrogens with zero attached hydrogens (tertiary/aromatic N) is 3. The number of hydrogen-bond acceptors (Lipinski definition) is 3. The summed E-state index contributed by atoms with van der Waals surface area (Å²) in [6.45, 7) is 1.75. The zero-order chi connectivity index (χ0) is 14.0. The lowest BCUT2D eigenvalue weighted by atomic mass is 9.92. The van der Waals surface area contributed by atoms with Crippen molar-refractivity contribution in [3.63, 3.8) is 0 Å². The quantitative estimate of drug-likeness (QED) is 0.791. The Balaban J connectivity index is 2.04. The van der Waals surface area contributed by atoms with Crippen LogP contribution in [0, 0.1) is 0 Å². The number of rotatable bonds is 3. The van der Waals surface area contributed by atoms with Crippen LogP contribution in [0.15, 0.2) is 67.0 Å². The van der Waals surface area contributed by atoms with Gasteiger partial charge in [0.1, 0.15) is 5.60 Å². The second-order valence-electron chi connectivity index (χ2n) is 4.77. The summed E-state index contributed by atoms with van der Waals surface area (Å²) < 4.78 is 1.67. The molecule has 20 heavy (non-hydrogen) atoms. The van der Waals surface area contributed by atoms with Gasteiger partial charge in [-0.25, -0.2) is 9.67 Å². The molecule has 0 radical (unpaired) electrons. The summed E-state index contributed by atoms with van der Waals surface area (Å²) in [5, 5.41) is 14.9. The Kier molecular flexibility index (Phi) is 3.08. The Morgan fingerprint density at radius 2 is 1.80 bits per heavy atom. The fourth-order valence-electron chi connectivity index (χ4n) is 2.14. The van der Waals surface area contributed by atoms with E-state index in [1.165, 1.54) is 0 Å². The van der Waals surface area contributed by atoms with Crippen LogP contribution >= 0.6 is 0 Å². The molecule has 0 aliphatic rings. The predicted molar refractivity (Wildman–Crippen MR) is 76.5 cm³/mol. The fourth-order valence-corrected chi connectivity index (χ4v) is 2.14. The van der Waals surface area contributed by atoms with Crippen LogP contribution in [0.2, 0.25) is 0 Å². The highest BCUT2D eigenvalue weighted by Gasteiger charge is 2.27. The summed E-state index contributed by atoms with van der Waals surface area (Å²) in [5.41, 5.74) is 0.270. The van der Waals surface area contributed by atoms with Crippen molar-refractivity contribution >= 4 is 0 Å². The van der Waals surface area contributed by atoms with Crippen molar-refractivity contribution in [3.8, 4) is 5.82 Å².